The van der Waals surface area contributed by atoms with Crippen molar-refractivity contribution in [1.29, 1.82) is 0 Å². The summed E-state index contributed by atoms with van der Waals surface area (Å²) in [5.41, 5.74) is -0.958. The van der Waals surface area contributed by atoms with Gasteiger partial charge in [-0.15, -0.1) is 0 Å². The number of ether oxygens (including phenoxy) is 1. The molecule has 0 unspecified atom stereocenters. The maximum absolute atomic E-state index is 11.9. The molecule has 7 heteroatoms. The molecule has 24 heavy (non-hydrogen) atoms. The number of aliphatic carboxylic acids is 1. The number of carbonyl (C=O) groups is 3. The summed E-state index contributed by atoms with van der Waals surface area (Å²) >= 11 is 0. The van der Waals surface area contributed by atoms with Crippen LogP contribution in [0.5, 0.6) is 0 Å². The second kappa shape index (κ2) is 9.01. The van der Waals surface area contributed by atoms with Crippen molar-refractivity contribution in [1.82, 2.24) is 10.6 Å². The van der Waals surface area contributed by atoms with Gasteiger partial charge in [0.2, 0.25) is 11.8 Å². The molecule has 136 valence electrons. The average molecular weight is 340 g/mol. The van der Waals surface area contributed by atoms with Crippen molar-refractivity contribution in [3.63, 3.8) is 0 Å². The molecule has 0 radical (unpaired) electrons. The van der Waals surface area contributed by atoms with Crippen LogP contribution in [0.3, 0.4) is 0 Å². The zero-order valence-corrected chi connectivity index (χ0v) is 14.1. The van der Waals surface area contributed by atoms with Crippen molar-refractivity contribution in [2.24, 2.45) is 11.3 Å². The Morgan fingerprint density at radius 1 is 1.04 bits per heavy atom. The van der Waals surface area contributed by atoms with Crippen LogP contribution in [-0.4, -0.2) is 49.2 Å². The molecule has 1 saturated carbocycles. The molecular formula is C17H28N2O5. The Labute approximate surface area is 142 Å². The monoisotopic (exact) mass is 340 g/mol. The van der Waals surface area contributed by atoms with E-state index >= 15 is 0 Å². The number of carboxylic acids is 1. The van der Waals surface area contributed by atoms with Crippen molar-refractivity contribution in [2.45, 2.75) is 51.4 Å². The highest BCUT2D eigenvalue weighted by molar-refractivity contribution is 5.85. The smallest absolute Gasteiger partial charge is 0.311 e. The molecular weight excluding hydrogens is 312 g/mol. The van der Waals surface area contributed by atoms with Crippen LogP contribution in [0.2, 0.25) is 0 Å². The molecule has 3 N–H and O–H groups in total. The molecule has 0 aromatic rings. The number of hydrogen-bond acceptors (Lipinski definition) is 4. The summed E-state index contributed by atoms with van der Waals surface area (Å²) in [6, 6.07) is 0. The first-order chi connectivity index (χ1) is 11.5. The highest BCUT2D eigenvalue weighted by atomic mass is 16.5. The molecule has 1 aliphatic heterocycles. The highest BCUT2D eigenvalue weighted by Crippen LogP contribution is 2.30. The number of carboxylic acid groups (broad SMARTS) is 1. The van der Waals surface area contributed by atoms with Crippen molar-refractivity contribution >= 4 is 17.8 Å². The maximum atomic E-state index is 11.9. The fourth-order valence-corrected chi connectivity index (χ4v) is 3.46. The second-order valence-electron chi connectivity index (χ2n) is 6.94. The molecule has 1 heterocycles. The van der Waals surface area contributed by atoms with E-state index in [0.29, 0.717) is 38.4 Å². The van der Waals surface area contributed by atoms with Crippen LogP contribution in [0.1, 0.15) is 51.4 Å². The summed E-state index contributed by atoms with van der Waals surface area (Å²) in [5, 5.41) is 14.7. The Balaban J connectivity index is 1.64. The first-order valence-electron chi connectivity index (χ1n) is 8.86. The van der Waals surface area contributed by atoms with Gasteiger partial charge in [-0.3, -0.25) is 14.4 Å². The summed E-state index contributed by atoms with van der Waals surface area (Å²) in [6.45, 7) is 0.748. The summed E-state index contributed by atoms with van der Waals surface area (Å²) in [7, 11) is 0. The molecule has 1 aliphatic carbocycles. The molecule has 2 amide bonds. The number of carbonyl (C=O) groups excluding carboxylic acids is 2. The number of hydrogen-bond donors (Lipinski definition) is 3. The van der Waals surface area contributed by atoms with E-state index in [2.05, 4.69) is 10.6 Å². The minimum atomic E-state index is -0.958. The third-order valence-electron chi connectivity index (χ3n) is 5.23. The maximum Gasteiger partial charge on any atom is 0.311 e. The van der Waals surface area contributed by atoms with Crippen LogP contribution < -0.4 is 10.6 Å². The molecule has 0 spiro atoms. The largest absolute Gasteiger partial charge is 0.481 e. The zero-order valence-electron chi connectivity index (χ0n) is 14.1. The standard InChI is InChI=1S/C17H28N2O5/c20-14(6-5-13-3-1-2-4-13)18-11-15(21)19-12-17(16(22)23)7-9-24-10-8-17/h13H,1-12H2,(H,18,20)(H,19,21)(H,22,23). The minimum Gasteiger partial charge on any atom is -0.481 e. The molecule has 7 nitrogen and oxygen atoms in total. The van der Waals surface area contributed by atoms with E-state index in [0.717, 1.165) is 6.42 Å². The van der Waals surface area contributed by atoms with Crippen LogP contribution in [0.15, 0.2) is 0 Å². The number of amides is 2. The number of rotatable bonds is 8. The van der Waals surface area contributed by atoms with E-state index in [9.17, 15) is 19.5 Å². The predicted molar refractivity (Wildman–Crippen MR) is 87.3 cm³/mol. The molecule has 1 saturated heterocycles. The van der Waals surface area contributed by atoms with E-state index in [-0.39, 0.29) is 24.9 Å². The summed E-state index contributed by atoms with van der Waals surface area (Å²) in [5.74, 6) is -0.729. The van der Waals surface area contributed by atoms with Crippen LogP contribution in [0.4, 0.5) is 0 Å². The molecule has 0 aromatic carbocycles. The quantitative estimate of drug-likeness (QED) is 0.613. The van der Waals surface area contributed by atoms with Gasteiger partial charge in [-0.2, -0.15) is 0 Å². The van der Waals surface area contributed by atoms with E-state index in [1.807, 2.05) is 0 Å². The van der Waals surface area contributed by atoms with Gasteiger partial charge in [0, 0.05) is 26.2 Å². The van der Waals surface area contributed by atoms with Gasteiger partial charge in [-0.1, -0.05) is 25.7 Å². The van der Waals surface area contributed by atoms with Gasteiger partial charge >= 0.3 is 5.97 Å². The fourth-order valence-electron chi connectivity index (χ4n) is 3.46. The molecule has 2 rings (SSSR count). The van der Waals surface area contributed by atoms with Gasteiger partial charge in [0.05, 0.1) is 12.0 Å². The summed E-state index contributed by atoms with van der Waals surface area (Å²) in [4.78, 5) is 35.1. The normalized spacial score (nSPS) is 20.5. The van der Waals surface area contributed by atoms with Crippen molar-refractivity contribution in [2.75, 3.05) is 26.3 Å². The van der Waals surface area contributed by atoms with Crippen LogP contribution in [0.25, 0.3) is 0 Å². The van der Waals surface area contributed by atoms with E-state index in [1.54, 1.807) is 0 Å². The molecule has 2 fully saturated rings. The predicted octanol–water partition coefficient (Wildman–Crippen LogP) is 1.07. The highest BCUT2D eigenvalue weighted by Gasteiger charge is 2.40. The van der Waals surface area contributed by atoms with Gasteiger partial charge in [0.1, 0.15) is 0 Å². The second-order valence-corrected chi connectivity index (χ2v) is 6.94. The third-order valence-corrected chi connectivity index (χ3v) is 5.23. The first-order valence-corrected chi connectivity index (χ1v) is 8.86. The van der Waals surface area contributed by atoms with Crippen LogP contribution in [0, 0.1) is 11.3 Å². The van der Waals surface area contributed by atoms with Gasteiger partial charge in [-0.05, 0) is 25.2 Å². The molecule has 0 aromatic heterocycles. The van der Waals surface area contributed by atoms with E-state index < -0.39 is 11.4 Å². The fraction of sp³-hybridized carbons (Fsp3) is 0.824. The Hall–Kier alpha value is -1.63. The first kappa shape index (κ1) is 18.7. The van der Waals surface area contributed by atoms with Crippen LogP contribution >= 0.6 is 0 Å². The lowest BCUT2D eigenvalue weighted by Gasteiger charge is -2.33. The lowest BCUT2D eigenvalue weighted by molar-refractivity contribution is -0.154. The van der Waals surface area contributed by atoms with Gasteiger partial charge in [0.25, 0.3) is 0 Å². The van der Waals surface area contributed by atoms with Crippen molar-refractivity contribution in [3.8, 4) is 0 Å². The Morgan fingerprint density at radius 2 is 1.71 bits per heavy atom. The van der Waals surface area contributed by atoms with Gasteiger partial charge in [0.15, 0.2) is 0 Å². The summed E-state index contributed by atoms with van der Waals surface area (Å²) < 4.78 is 5.20. The lowest BCUT2D eigenvalue weighted by atomic mass is 9.80. The van der Waals surface area contributed by atoms with Crippen molar-refractivity contribution in [3.05, 3.63) is 0 Å². The Bertz CT molecular complexity index is 454. The Kier molecular flexibility index (Phi) is 7.02. The number of nitrogens with one attached hydrogen (secondary N) is 2. The topological polar surface area (TPSA) is 105 Å². The van der Waals surface area contributed by atoms with Gasteiger partial charge in [-0.25, -0.2) is 0 Å². The molecule has 2 aliphatic rings. The SMILES string of the molecule is O=C(CCC1CCCC1)NCC(=O)NCC1(C(=O)O)CCOCC1. The van der Waals surface area contributed by atoms with E-state index in [1.165, 1.54) is 25.7 Å². The van der Waals surface area contributed by atoms with Crippen molar-refractivity contribution < 1.29 is 24.2 Å². The van der Waals surface area contributed by atoms with E-state index in [4.69, 9.17) is 4.74 Å². The molecule has 0 atom stereocenters. The van der Waals surface area contributed by atoms with Crippen LogP contribution in [-0.2, 0) is 19.1 Å². The van der Waals surface area contributed by atoms with Gasteiger partial charge < -0.3 is 20.5 Å². The average Bonchev–Trinajstić information content (AvgIpc) is 3.10. The molecule has 0 bridgehead atoms. The third kappa shape index (κ3) is 5.47. The zero-order chi connectivity index (χ0) is 17.4. The Morgan fingerprint density at radius 3 is 2.33 bits per heavy atom. The lowest BCUT2D eigenvalue weighted by Crippen LogP contribution is -2.48. The minimum absolute atomic E-state index is 0.0719. The summed E-state index contributed by atoms with van der Waals surface area (Å²) in [6.07, 6.45) is 7.02.